The van der Waals surface area contributed by atoms with Gasteiger partial charge in [-0.3, -0.25) is 4.79 Å². The normalized spacial score (nSPS) is 10.6. The Morgan fingerprint density at radius 2 is 1.70 bits per heavy atom. The number of carbonyl (C=O) groups excluding carboxylic acids is 1. The van der Waals surface area contributed by atoms with Crippen LogP contribution in [0.2, 0.25) is 5.02 Å². The molecular weight excluding hydrogens is 400 g/mol. The van der Waals surface area contributed by atoms with Crippen LogP contribution in [-0.4, -0.2) is 10.9 Å². The molecule has 0 radical (unpaired) electrons. The lowest BCUT2D eigenvalue weighted by atomic mass is 10.1. The summed E-state index contributed by atoms with van der Waals surface area (Å²) in [7, 11) is 0. The molecule has 150 valence electrons. The smallest absolute Gasteiger partial charge is 0.255 e. The number of amides is 1. The summed E-state index contributed by atoms with van der Waals surface area (Å²) in [6.45, 7) is 2.18. The van der Waals surface area contributed by atoms with E-state index in [9.17, 15) is 4.79 Å². The average molecular weight is 419 g/mol. The molecule has 1 aromatic heterocycles. The summed E-state index contributed by atoms with van der Waals surface area (Å²) in [5.41, 5.74) is 2.73. The molecule has 4 rings (SSSR count). The van der Waals surface area contributed by atoms with Crippen LogP contribution in [0.5, 0.6) is 5.75 Å². The highest BCUT2D eigenvalue weighted by molar-refractivity contribution is 6.30. The molecule has 0 fully saturated rings. The van der Waals surface area contributed by atoms with E-state index < -0.39 is 0 Å². The molecule has 1 heterocycles. The number of anilines is 1. The number of aromatic nitrogens is 1. The van der Waals surface area contributed by atoms with Gasteiger partial charge in [0, 0.05) is 21.8 Å². The van der Waals surface area contributed by atoms with Gasteiger partial charge in [-0.15, -0.1) is 0 Å². The number of carbonyl (C=O) groups is 1. The highest BCUT2D eigenvalue weighted by Crippen LogP contribution is 2.24. The molecule has 0 spiro atoms. The molecule has 3 aromatic carbocycles. The number of rotatable bonds is 6. The SMILES string of the molecule is Cc1oc(-c2ccc(C(=O)Nc3ccc(Cl)cc3)cc2)nc1COc1ccccc1. The number of benzene rings is 3. The molecule has 0 atom stereocenters. The predicted molar refractivity (Wildman–Crippen MR) is 117 cm³/mol. The summed E-state index contributed by atoms with van der Waals surface area (Å²) in [5.74, 6) is 1.76. The van der Waals surface area contributed by atoms with Crippen LogP contribution in [-0.2, 0) is 6.61 Å². The summed E-state index contributed by atoms with van der Waals surface area (Å²) >= 11 is 5.87. The zero-order chi connectivity index (χ0) is 20.9. The Labute approximate surface area is 179 Å². The summed E-state index contributed by atoms with van der Waals surface area (Å²) in [6.07, 6.45) is 0. The lowest BCUT2D eigenvalue weighted by Crippen LogP contribution is -2.11. The third kappa shape index (κ3) is 4.70. The first-order chi connectivity index (χ1) is 14.6. The second kappa shape index (κ2) is 8.84. The van der Waals surface area contributed by atoms with Crippen LogP contribution in [0.4, 0.5) is 5.69 Å². The van der Waals surface area contributed by atoms with Crippen molar-refractivity contribution in [1.29, 1.82) is 0 Å². The Balaban J connectivity index is 1.43. The van der Waals surface area contributed by atoms with E-state index in [-0.39, 0.29) is 5.91 Å². The third-order valence-electron chi connectivity index (χ3n) is 4.51. The monoisotopic (exact) mass is 418 g/mol. The van der Waals surface area contributed by atoms with Gasteiger partial charge < -0.3 is 14.5 Å². The van der Waals surface area contributed by atoms with Crippen molar-refractivity contribution in [3.8, 4) is 17.2 Å². The first kappa shape index (κ1) is 19.7. The van der Waals surface area contributed by atoms with Gasteiger partial charge in [0.15, 0.2) is 0 Å². The van der Waals surface area contributed by atoms with Gasteiger partial charge in [-0.05, 0) is 67.6 Å². The largest absolute Gasteiger partial charge is 0.487 e. The molecule has 1 N–H and O–H groups in total. The number of nitrogens with zero attached hydrogens (tertiary/aromatic N) is 1. The number of ether oxygens (including phenoxy) is 1. The third-order valence-corrected chi connectivity index (χ3v) is 4.76. The Morgan fingerprint density at radius 3 is 2.40 bits per heavy atom. The molecule has 5 nitrogen and oxygen atoms in total. The number of nitrogens with one attached hydrogen (secondary N) is 1. The number of halogens is 1. The van der Waals surface area contributed by atoms with Gasteiger partial charge in [-0.25, -0.2) is 4.98 Å². The highest BCUT2D eigenvalue weighted by Gasteiger charge is 2.13. The van der Waals surface area contributed by atoms with Gasteiger partial charge in [0.1, 0.15) is 23.8 Å². The maximum atomic E-state index is 12.4. The van der Waals surface area contributed by atoms with Crippen molar-refractivity contribution >= 4 is 23.2 Å². The Hall–Kier alpha value is -3.57. The fourth-order valence-electron chi connectivity index (χ4n) is 2.85. The van der Waals surface area contributed by atoms with Gasteiger partial charge in [0.05, 0.1) is 0 Å². The van der Waals surface area contributed by atoms with Crippen molar-refractivity contribution in [3.05, 3.63) is 101 Å². The van der Waals surface area contributed by atoms with Crippen molar-refractivity contribution < 1.29 is 13.9 Å². The first-order valence-corrected chi connectivity index (χ1v) is 9.78. The van der Waals surface area contributed by atoms with Gasteiger partial charge >= 0.3 is 0 Å². The second-order valence-corrected chi connectivity index (χ2v) is 7.10. The highest BCUT2D eigenvalue weighted by atomic mass is 35.5. The predicted octanol–water partition coefficient (Wildman–Crippen LogP) is 6.13. The topological polar surface area (TPSA) is 64.4 Å². The molecular formula is C24H19ClN2O3. The Bertz CT molecular complexity index is 1140. The van der Waals surface area contributed by atoms with E-state index in [4.69, 9.17) is 20.8 Å². The molecule has 0 aliphatic heterocycles. The van der Waals surface area contributed by atoms with Crippen LogP contribution >= 0.6 is 11.6 Å². The summed E-state index contributed by atoms with van der Waals surface area (Å²) in [5, 5.41) is 3.45. The van der Waals surface area contributed by atoms with Crippen molar-refractivity contribution in [2.24, 2.45) is 0 Å². The molecule has 0 unspecified atom stereocenters. The summed E-state index contributed by atoms with van der Waals surface area (Å²) in [6, 6.07) is 23.6. The molecule has 4 aromatic rings. The minimum atomic E-state index is -0.204. The van der Waals surface area contributed by atoms with Crippen LogP contribution in [0.25, 0.3) is 11.5 Å². The summed E-state index contributed by atoms with van der Waals surface area (Å²) < 4.78 is 11.5. The zero-order valence-electron chi connectivity index (χ0n) is 16.3. The fourth-order valence-corrected chi connectivity index (χ4v) is 2.98. The van der Waals surface area contributed by atoms with E-state index in [0.717, 1.165) is 17.0 Å². The molecule has 1 amide bonds. The lowest BCUT2D eigenvalue weighted by molar-refractivity contribution is 0.102. The van der Waals surface area contributed by atoms with E-state index >= 15 is 0 Å². The first-order valence-electron chi connectivity index (χ1n) is 9.40. The molecule has 6 heteroatoms. The van der Waals surface area contributed by atoms with E-state index in [1.54, 1.807) is 36.4 Å². The van der Waals surface area contributed by atoms with E-state index in [1.165, 1.54) is 0 Å². The number of aryl methyl sites for hydroxylation is 1. The van der Waals surface area contributed by atoms with Gasteiger partial charge in [-0.1, -0.05) is 29.8 Å². The Morgan fingerprint density at radius 1 is 1.00 bits per heavy atom. The molecule has 0 aliphatic rings. The van der Waals surface area contributed by atoms with Gasteiger partial charge in [0.25, 0.3) is 5.91 Å². The average Bonchev–Trinajstić information content (AvgIpc) is 3.15. The fraction of sp³-hybridized carbons (Fsp3) is 0.0833. The van der Waals surface area contributed by atoms with Crippen molar-refractivity contribution in [2.45, 2.75) is 13.5 Å². The van der Waals surface area contributed by atoms with Crippen LogP contribution in [0, 0.1) is 6.92 Å². The molecule has 0 aliphatic carbocycles. The van der Waals surface area contributed by atoms with Gasteiger partial charge in [-0.2, -0.15) is 0 Å². The Kier molecular flexibility index (Phi) is 5.82. The van der Waals surface area contributed by atoms with Crippen LogP contribution in [0.1, 0.15) is 21.8 Å². The van der Waals surface area contributed by atoms with Crippen LogP contribution in [0.15, 0.2) is 83.3 Å². The second-order valence-electron chi connectivity index (χ2n) is 6.66. The van der Waals surface area contributed by atoms with Crippen LogP contribution in [0.3, 0.4) is 0 Å². The quantitative estimate of drug-likeness (QED) is 0.408. The zero-order valence-corrected chi connectivity index (χ0v) is 17.0. The van der Waals surface area contributed by atoms with Gasteiger partial charge in [0.2, 0.25) is 5.89 Å². The van der Waals surface area contributed by atoms with E-state index in [1.807, 2.05) is 49.4 Å². The van der Waals surface area contributed by atoms with E-state index in [0.29, 0.717) is 34.5 Å². The minimum absolute atomic E-state index is 0.204. The number of para-hydroxylation sites is 1. The van der Waals surface area contributed by atoms with Crippen LogP contribution < -0.4 is 10.1 Å². The molecule has 30 heavy (non-hydrogen) atoms. The van der Waals surface area contributed by atoms with Crippen molar-refractivity contribution in [1.82, 2.24) is 4.98 Å². The number of hydrogen-bond acceptors (Lipinski definition) is 4. The molecule has 0 saturated heterocycles. The van der Waals surface area contributed by atoms with E-state index in [2.05, 4.69) is 10.3 Å². The molecule has 0 saturated carbocycles. The standard InChI is InChI=1S/C24H19ClN2O3/c1-16-22(15-29-21-5-3-2-4-6-21)27-24(30-16)18-9-7-17(8-10-18)23(28)26-20-13-11-19(25)12-14-20/h2-14H,15H2,1H3,(H,26,28). The lowest BCUT2D eigenvalue weighted by Gasteiger charge is -2.05. The van der Waals surface area contributed by atoms with Crippen molar-refractivity contribution in [3.63, 3.8) is 0 Å². The maximum Gasteiger partial charge on any atom is 0.255 e. The summed E-state index contributed by atoms with van der Waals surface area (Å²) in [4.78, 5) is 17.0. The van der Waals surface area contributed by atoms with Crippen molar-refractivity contribution in [2.75, 3.05) is 5.32 Å². The maximum absolute atomic E-state index is 12.4. The minimum Gasteiger partial charge on any atom is -0.487 e. The molecule has 0 bridgehead atoms. The number of oxazole rings is 1. The number of hydrogen-bond donors (Lipinski definition) is 1.